The Hall–Kier alpha value is -0.420. The lowest BCUT2D eigenvalue weighted by atomic mass is 10.1. The van der Waals surface area contributed by atoms with Crippen molar-refractivity contribution in [1.82, 2.24) is 0 Å². The van der Waals surface area contributed by atoms with Crippen molar-refractivity contribution < 1.29 is 13.2 Å². The molecule has 78 valence electrons. The van der Waals surface area contributed by atoms with Gasteiger partial charge in [0.05, 0.1) is 5.75 Å². The molecule has 0 aromatic carbocycles. The normalized spacial score (nSPS) is 14.1. The molecule has 0 bridgehead atoms. The van der Waals surface area contributed by atoms with Gasteiger partial charge in [-0.1, -0.05) is 6.92 Å². The first kappa shape index (κ1) is 12.6. The molecule has 4 nitrogen and oxygen atoms in total. The number of rotatable bonds is 6. The molecule has 1 unspecified atom stereocenters. The van der Waals surface area contributed by atoms with Crippen LogP contribution in [0.5, 0.6) is 0 Å². The van der Waals surface area contributed by atoms with E-state index in [4.69, 9.17) is 5.73 Å². The first-order valence-corrected chi connectivity index (χ1v) is 6.17. The van der Waals surface area contributed by atoms with Crippen LogP contribution >= 0.6 is 0 Å². The molecule has 5 heteroatoms. The highest BCUT2D eigenvalue weighted by Gasteiger charge is 2.11. The minimum Gasteiger partial charge on any atom is -0.328 e. The molecule has 0 amide bonds. The summed E-state index contributed by atoms with van der Waals surface area (Å²) < 4.78 is 22.0. The van der Waals surface area contributed by atoms with Gasteiger partial charge in [0.15, 0.2) is 0 Å². The second kappa shape index (κ2) is 5.34. The van der Waals surface area contributed by atoms with Gasteiger partial charge in [-0.05, 0) is 6.92 Å². The van der Waals surface area contributed by atoms with Gasteiger partial charge >= 0.3 is 0 Å². The van der Waals surface area contributed by atoms with Crippen molar-refractivity contribution in [3.8, 4) is 0 Å². The van der Waals surface area contributed by atoms with Crippen molar-refractivity contribution in [2.45, 2.75) is 32.7 Å². The molecule has 0 aromatic rings. The molecule has 0 aromatic heterocycles. The van der Waals surface area contributed by atoms with Crippen LogP contribution in [0.15, 0.2) is 0 Å². The van der Waals surface area contributed by atoms with Crippen molar-refractivity contribution in [3.05, 3.63) is 0 Å². The number of carbonyl (C=O) groups is 1. The van der Waals surface area contributed by atoms with Crippen LogP contribution in [0.2, 0.25) is 0 Å². The summed E-state index contributed by atoms with van der Waals surface area (Å²) in [6.07, 6.45) is 0.358. The van der Waals surface area contributed by atoms with Crippen LogP contribution in [0, 0.1) is 0 Å². The highest BCUT2D eigenvalue weighted by atomic mass is 32.2. The molecule has 1 atom stereocenters. The van der Waals surface area contributed by atoms with Crippen molar-refractivity contribution in [2.75, 3.05) is 11.5 Å². The molecule has 0 aliphatic carbocycles. The Balaban J connectivity index is 3.84. The van der Waals surface area contributed by atoms with Gasteiger partial charge < -0.3 is 5.73 Å². The van der Waals surface area contributed by atoms with E-state index >= 15 is 0 Å². The standard InChI is InChI=1S/C8H17NO3S/c1-3-13(11,12)5-4-8(10)6-7(2)9/h7H,3-6,9H2,1-2H3. The highest BCUT2D eigenvalue weighted by molar-refractivity contribution is 7.91. The zero-order chi connectivity index (χ0) is 10.5. The number of carbonyl (C=O) groups excluding carboxylic acids is 1. The molecule has 0 spiro atoms. The second-order valence-electron chi connectivity index (χ2n) is 3.21. The minimum absolute atomic E-state index is 0.0466. The Bertz CT molecular complexity index is 257. The smallest absolute Gasteiger partial charge is 0.150 e. The molecule has 0 aliphatic heterocycles. The molecule has 0 radical (unpaired) electrons. The maximum atomic E-state index is 11.1. The van der Waals surface area contributed by atoms with Gasteiger partial charge in [0.25, 0.3) is 0 Å². The van der Waals surface area contributed by atoms with Gasteiger partial charge in [0.2, 0.25) is 0 Å². The lowest BCUT2D eigenvalue weighted by Gasteiger charge is -2.03. The fraction of sp³-hybridized carbons (Fsp3) is 0.875. The van der Waals surface area contributed by atoms with E-state index in [0.717, 1.165) is 0 Å². The van der Waals surface area contributed by atoms with Crippen molar-refractivity contribution >= 4 is 15.6 Å². The summed E-state index contributed by atoms with van der Waals surface area (Å²) in [5, 5.41) is 0. The number of nitrogens with two attached hydrogens (primary N) is 1. The predicted octanol–water partition coefficient (Wildman–Crippen LogP) is 0.118. The third-order valence-corrected chi connectivity index (χ3v) is 3.39. The zero-order valence-electron chi connectivity index (χ0n) is 8.12. The molecule has 0 saturated carbocycles. The van der Waals surface area contributed by atoms with E-state index in [9.17, 15) is 13.2 Å². The molecule has 0 saturated heterocycles. The van der Waals surface area contributed by atoms with Gasteiger partial charge in [0.1, 0.15) is 15.6 Å². The maximum absolute atomic E-state index is 11.1. The molecule has 13 heavy (non-hydrogen) atoms. The quantitative estimate of drug-likeness (QED) is 0.671. The molecule has 2 N–H and O–H groups in total. The number of hydrogen-bond donors (Lipinski definition) is 1. The third-order valence-electron chi connectivity index (χ3n) is 1.68. The van der Waals surface area contributed by atoms with E-state index in [2.05, 4.69) is 0 Å². The summed E-state index contributed by atoms with van der Waals surface area (Å²) in [4.78, 5) is 11.1. The predicted molar refractivity (Wildman–Crippen MR) is 52.2 cm³/mol. The maximum Gasteiger partial charge on any atom is 0.150 e. The first-order valence-electron chi connectivity index (χ1n) is 4.35. The van der Waals surface area contributed by atoms with Crippen molar-refractivity contribution in [3.63, 3.8) is 0 Å². The Labute approximate surface area is 79.4 Å². The van der Waals surface area contributed by atoms with Crippen LogP contribution in [0.4, 0.5) is 0 Å². The van der Waals surface area contributed by atoms with Crippen molar-refractivity contribution in [1.29, 1.82) is 0 Å². The second-order valence-corrected chi connectivity index (χ2v) is 5.68. The molecular formula is C8H17NO3S. The van der Waals surface area contributed by atoms with E-state index in [1.807, 2.05) is 0 Å². The average molecular weight is 207 g/mol. The Morgan fingerprint density at radius 3 is 2.38 bits per heavy atom. The number of ketones is 1. The monoisotopic (exact) mass is 207 g/mol. The summed E-state index contributed by atoms with van der Waals surface area (Å²) in [6.45, 7) is 3.30. The van der Waals surface area contributed by atoms with Gasteiger partial charge in [0, 0.05) is 24.6 Å². The molecular weight excluding hydrogens is 190 g/mol. The Kier molecular flexibility index (Phi) is 5.17. The van der Waals surface area contributed by atoms with E-state index in [0.29, 0.717) is 0 Å². The van der Waals surface area contributed by atoms with Crippen molar-refractivity contribution in [2.24, 2.45) is 5.73 Å². The van der Waals surface area contributed by atoms with E-state index in [-0.39, 0.29) is 36.2 Å². The Morgan fingerprint density at radius 2 is 2.00 bits per heavy atom. The SMILES string of the molecule is CCS(=O)(=O)CCC(=O)CC(C)N. The fourth-order valence-corrected chi connectivity index (χ4v) is 1.70. The topological polar surface area (TPSA) is 77.2 Å². The van der Waals surface area contributed by atoms with E-state index in [1.54, 1.807) is 13.8 Å². The highest BCUT2D eigenvalue weighted by Crippen LogP contribution is 1.98. The van der Waals surface area contributed by atoms with Gasteiger partial charge in [-0.2, -0.15) is 0 Å². The summed E-state index contributed by atoms with van der Waals surface area (Å²) in [6, 6.07) is -0.183. The lowest BCUT2D eigenvalue weighted by Crippen LogP contribution is -2.21. The molecule has 0 heterocycles. The third kappa shape index (κ3) is 6.72. The number of sulfone groups is 1. The fourth-order valence-electron chi connectivity index (χ4n) is 0.875. The molecule has 0 fully saturated rings. The molecule has 0 aliphatic rings. The van der Waals surface area contributed by atoms with Crippen LogP contribution in [0.3, 0.4) is 0 Å². The average Bonchev–Trinajstić information content (AvgIpc) is 2.00. The van der Waals surface area contributed by atoms with Gasteiger partial charge in [-0.3, -0.25) is 4.79 Å². The zero-order valence-corrected chi connectivity index (χ0v) is 8.93. The van der Waals surface area contributed by atoms with Crippen LogP contribution in [-0.4, -0.2) is 31.7 Å². The Morgan fingerprint density at radius 1 is 1.46 bits per heavy atom. The number of Topliss-reactive ketones (excluding diaryl/α,β-unsaturated/α-hetero) is 1. The summed E-state index contributed by atoms with van der Waals surface area (Å²) in [7, 11) is -3.01. The first-order chi connectivity index (χ1) is 5.87. The largest absolute Gasteiger partial charge is 0.328 e. The number of hydrogen-bond acceptors (Lipinski definition) is 4. The van der Waals surface area contributed by atoms with Gasteiger partial charge in [-0.15, -0.1) is 0 Å². The summed E-state index contributed by atoms with van der Waals surface area (Å²) in [5.41, 5.74) is 5.39. The summed E-state index contributed by atoms with van der Waals surface area (Å²) in [5.74, 6) is -0.0277. The van der Waals surface area contributed by atoms with E-state index in [1.165, 1.54) is 0 Å². The van der Waals surface area contributed by atoms with Crippen LogP contribution < -0.4 is 5.73 Å². The summed E-state index contributed by atoms with van der Waals surface area (Å²) >= 11 is 0. The lowest BCUT2D eigenvalue weighted by molar-refractivity contribution is -0.118. The van der Waals surface area contributed by atoms with Crippen LogP contribution in [0.1, 0.15) is 26.7 Å². The minimum atomic E-state index is -3.01. The molecule has 0 rings (SSSR count). The van der Waals surface area contributed by atoms with Crippen LogP contribution in [0.25, 0.3) is 0 Å². The van der Waals surface area contributed by atoms with E-state index < -0.39 is 9.84 Å². The van der Waals surface area contributed by atoms with Crippen LogP contribution in [-0.2, 0) is 14.6 Å². The van der Waals surface area contributed by atoms with Gasteiger partial charge in [-0.25, -0.2) is 8.42 Å².